The molecule has 0 aromatic rings. The van der Waals surface area contributed by atoms with Gasteiger partial charge < -0.3 is 5.11 Å². The summed E-state index contributed by atoms with van der Waals surface area (Å²) in [6.07, 6.45) is -3.57. The maximum Gasteiger partial charge on any atom is 0.433 e. The van der Waals surface area contributed by atoms with E-state index < -0.39 is 29.7 Å². The Labute approximate surface area is 75.7 Å². The van der Waals surface area contributed by atoms with Crippen molar-refractivity contribution in [2.45, 2.75) is 6.18 Å². The number of hydrogen-bond acceptors (Lipinski definition) is 2. The van der Waals surface area contributed by atoms with E-state index in [1.54, 1.807) is 0 Å². The largest absolute Gasteiger partial charge is 0.480 e. The first-order valence-electron chi connectivity index (χ1n) is 3.43. The van der Waals surface area contributed by atoms with Gasteiger partial charge in [-0.25, -0.2) is 4.99 Å². The molecule has 1 unspecified atom stereocenters. The molecular weight excluding hydrogens is 203 g/mol. The lowest BCUT2D eigenvalue weighted by Gasteiger charge is -2.12. The third-order valence-corrected chi connectivity index (χ3v) is 1.50. The van der Waals surface area contributed by atoms with Crippen LogP contribution in [-0.2, 0) is 9.59 Å². The quantitative estimate of drug-likeness (QED) is 0.646. The highest BCUT2D eigenvalue weighted by Gasteiger charge is 2.38. The van der Waals surface area contributed by atoms with Gasteiger partial charge >= 0.3 is 12.1 Å². The lowest BCUT2D eigenvalue weighted by molar-refractivity contribution is -0.144. The molecular formula is C7H4F3NO3. The van der Waals surface area contributed by atoms with E-state index in [1.165, 1.54) is 0 Å². The fraction of sp³-hybridized carbons (Fsp3) is 0.286. The van der Waals surface area contributed by atoms with Crippen LogP contribution in [0.4, 0.5) is 13.2 Å². The molecule has 0 saturated heterocycles. The second-order valence-corrected chi connectivity index (χ2v) is 2.51. The van der Waals surface area contributed by atoms with Crippen molar-refractivity contribution in [3.63, 3.8) is 0 Å². The smallest absolute Gasteiger partial charge is 0.433 e. The molecule has 76 valence electrons. The van der Waals surface area contributed by atoms with Gasteiger partial charge in [-0.2, -0.15) is 13.2 Å². The van der Waals surface area contributed by atoms with E-state index in [2.05, 4.69) is 4.99 Å². The normalized spacial score (nSPS) is 22.1. The second-order valence-electron chi connectivity index (χ2n) is 2.51. The van der Waals surface area contributed by atoms with Gasteiger partial charge in [0.25, 0.3) is 5.91 Å². The lowest BCUT2D eigenvalue weighted by Crippen LogP contribution is -2.30. The van der Waals surface area contributed by atoms with E-state index in [4.69, 9.17) is 5.11 Å². The molecule has 0 saturated carbocycles. The van der Waals surface area contributed by atoms with E-state index in [9.17, 15) is 22.8 Å². The molecule has 14 heavy (non-hydrogen) atoms. The molecule has 1 aliphatic heterocycles. The zero-order chi connectivity index (χ0) is 10.9. The van der Waals surface area contributed by atoms with Gasteiger partial charge in [0.1, 0.15) is 5.71 Å². The van der Waals surface area contributed by atoms with E-state index in [0.717, 1.165) is 0 Å². The van der Waals surface area contributed by atoms with Crippen LogP contribution in [0.2, 0.25) is 0 Å². The van der Waals surface area contributed by atoms with Gasteiger partial charge in [0.2, 0.25) is 0 Å². The SMILES string of the molecule is O=C(O)C1C=CC(C(F)(F)F)=NC1=O. The molecule has 0 aliphatic carbocycles. The number of aliphatic carboxylic acids is 1. The Kier molecular flexibility index (Phi) is 2.41. The highest BCUT2D eigenvalue weighted by atomic mass is 19.4. The van der Waals surface area contributed by atoms with Gasteiger partial charge in [0, 0.05) is 0 Å². The van der Waals surface area contributed by atoms with Crippen molar-refractivity contribution >= 4 is 17.6 Å². The third kappa shape index (κ3) is 1.98. The van der Waals surface area contributed by atoms with Crippen LogP contribution in [0.15, 0.2) is 17.1 Å². The molecule has 1 atom stereocenters. The van der Waals surface area contributed by atoms with Crippen LogP contribution >= 0.6 is 0 Å². The Morgan fingerprint density at radius 2 is 2.07 bits per heavy atom. The van der Waals surface area contributed by atoms with Crippen LogP contribution in [-0.4, -0.2) is 28.9 Å². The van der Waals surface area contributed by atoms with Crippen LogP contribution in [0.1, 0.15) is 0 Å². The average Bonchev–Trinajstić information content (AvgIpc) is 2.01. The summed E-state index contributed by atoms with van der Waals surface area (Å²) >= 11 is 0. The lowest BCUT2D eigenvalue weighted by atomic mass is 10.1. The molecule has 1 aliphatic rings. The maximum atomic E-state index is 12.0. The number of amides is 1. The molecule has 1 amide bonds. The first-order chi connectivity index (χ1) is 6.32. The molecule has 0 fully saturated rings. The Morgan fingerprint density at radius 3 is 2.43 bits per heavy atom. The van der Waals surface area contributed by atoms with Crippen molar-refractivity contribution in [3.05, 3.63) is 12.2 Å². The Bertz CT molecular complexity index is 343. The van der Waals surface area contributed by atoms with Crippen molar-refractivity contribution in [2.75, 3.05) is 0 Å². The number of dihydropyridines is 1. The van der Waals surface area contributed by atoms with Gasteiger partial charge in [-0.05, 0) is 6.08 Å². The predicted octanol–water partition coefficient (Wildman–Crippen LogP) is 0.787. The van der Waals surface area contributed by atoms with Gasteiger partial charge in [0.05, 0.1) is 0 Å². The molecule has 1 rings (SSSR count). The van der Waals surface area contributed by atoms with E-state index in [1.807, 2.05) is 0 Å². The molecule has 0 aromatic carbocycles. The Balaban J connectivity index is 2.94. The van der Waals surface area contributed by atoms with Crippen molar-refractivity contribution < 1.29 is 27.9 Å². The van der Waals surface area contributed by atoms with Crippen LogP contribution in [0.5, 0.6) is 0 Å². The first-order valence-corrected chi connectivity index (χ1v) is 3.43. The fourth-order valence-corrected chi connectivity index (χ4v) is 0.841. The molecule has 0 bridgehead atoms. The minimum absolute atomic E-state index is 0.486. The third-order valence-electron chi connectivity index (χ3n) is 1.50. The number of carboxylic acid groups (broad SMARTS) is 1. The standard InChI is InChI=1S/C7H4F3NO3/c8-7(9,10)4-2-1-3(6(13)14)5(12)11-4/h1-3H,(H,13,14). The van der Waals surface area contributed by atoms with Crippen molar-refractivity contribution in [1.82, 2.24) is 0 Å². The second kappa shape index (κ2) is 3.24. The molecule has 0 aromatic heterocycles. The van der Waals surface area contributed by atoms with Gasteiger partial charge in [-0.15, -0.1) is 0 Å². The fourth-order valence-electron chi connectivity index (χ4n) is 0.841. The molecule has 4 nitrogen and oxygen atoms in total. The number of carbonyl (C=O) groups excluding carboxylic acids is 1. The van der Waals surface area contributed by atoms with Gasteiger partial charge in [-0.1, -0.05) is 6.08 Å². The number of allylic oxidation sites excluding steroid dienone is 1. The van der Waals surface area contributed by atoms with E-state index in [0.29, 0.717) is 12.2 Å². The van der Waals surface area contributed by atoms with Gasteiger partial charge in [-0.3, -0.25) is 9.59 Å². The number of aliphatic imine (C=N–C) groups is 1. The molecule has 1 N–H and O–H groups in total. The summed E-state index contributed by atoms with van der Waals surface area (Å²) in [5.41, 5.74) is -1.38. The number of carbonyl (C=O) groups is 2. The van der Waals surface area contributed by atoms with Crippen molar-refractivity contribution in [3.8, 4) is 0 Å². The van der Waals surface area contributed by atoms with Gasteiger partial charge in [0.15, 0.2) is 5.92 Å². The van der Waals surface area contributed by atoms with Crippen molar-refractivity contribution in [2.24, 2.45) is 10.9 Å². The number of rotatable bonds is 1. The Morgan fingerprint density at radius 1 is 1.50 bits per heavy atom. The summed E-state index contributed by atoms with van der Waals surface area (Å²) in [6, 6.07) is 0. The molecule has 0 radical (unpaired) electrons. The molecule has 1 heterocycles. The van der Waals surface area contributed by atoms with Crippen LogP contribution < -0.4 is 0 Å². The zero-order valence-electron chi connectivity index (χ0n) is 6.58. The zero-order valence-corrected chi connectivity index (χ0v) is 6.58. The van der Waals surface area contributed by atoms with Crippen LogP contribution in [0, 0.1) is 5.92 Å². The first kappa shape index (κ1) is 10.4. The monoisotopic (exact) mass is 207 g/mol. The van der Waals surface area contributed by atoms with E-state index in [-0.39, 0.29) is 0 Å². The Hall–Kier alpha value is -1.66. The molecule has 0 spiro atoms. The summed E-state index contributed by atoms with van der Waals surface area (Å²) in [6.45, 7) is 0. The average molecular weight is 207 g/mol. The van der Waals surface area contributed by atoms with E-state index >= 15 is 0 Å². The predicted molar refractivity (Wildman–Crippen MR) is 38.8 cm³/mol. The number of halogens is 3. The van der Waals surface area contributed by atoms with Crippen LogP contribution in [0.3, 0.4) is 0 Å². The summed E-state index contributed by atoms with van der Waals surface area (Å²) < 4.78 is 35.9. The topological polar surface area (TPSA) is 66.7 Å². The summed E-state index contributed by atoms with van der Waals surface area (Å²) in [7, 11) is 0. The molecule has 7 heteroatoms. The summed E-state index contributed by atoms with van der Waals surface area (Å²) in [5, 5.41) is 8.38. The number of alkyl halides is 3. The van der Waals surface area contributed by atoms with Crippen molar-refractivity contribution in [1.29, 1.82) is 0 Å². The highest BCUT2D eigenvalue weighted by molar-refractivity contribution is 6.13. The highest BCUT2D eigenvalue weighted by Crippen LogP contribution is 2.22. The number of nitrogens with zero attached hydrogens (tertiary/aromatic N) is 1. The minimum Gasteiger partial charge on any atom is -0.480 e. The number of hydrogen-bond donors (Lipinski definition) is 1. The maximum absolute atomic E-state index is 12.0. The summed E-state index contributed by atoms with van der Waals surface area (Å²) in [5.74, 6) is -4.44. The van der Waals surface area contributed by atoms with Crippen LogP contribution in [0.25, 0.3) is 0 Å². The number of carboxylic acids is 1. The summed E-state index contributed by atoms with van der Waals surface area (Å²) in [4.78, 5) is 23.7. The minimum atomic E-state index is -4.73.